The summed E-state index contributed by atoms with van der Waals surface area (Å²) in [6, 6.07) is 8.51. The number of phenolic OH excluding ortho intramolecular Hbond substituents is 1. The molecule has 3 unspecified atom stereocenters. The van der Waals surface area contributed by atoms with E-state index in [9.17, 15) is 5.11 Å². The van der Waals surface area contributed by atoms with Gasteiger partial charge in [-0.25, -0.2) is 0 Å². The van der Waals surface area contributed by atoms with E-state index < -0.39 is 0 Å². The van der Waals surface area contributed by atoms with Crippen molar-refractivity contribution in [3.63, 3.8) is 0 Å². The van der Waals surface area contributed by atoms with Gasteiger partial charge in [0.05, 0.1) is 0 Å². The highest BCUT2D eigenvalue weighted by molar-refractivity contribution is 5.30. The molecule has 2 nitrogen and oxygen atoms in total. The molecule has 0 spiro atoms. The molecule has 2 fully saturated rings. The van der Waals surface area contributed by atoms with Crippen LogP contribution in [0.4, 0.5) is 0 Å². The fraction of sp³-hybridized carbons (Fsp3) is 0.647. The average molecular weight is 263 g/mol. The van der Waals surface area contributed by atoms with E-state index in [1.54, 1.807) is 12.1 Å². The van der Waals surface area contributed by atoms with Crippen molar-refractivity contribution >= 4 is 0 Å². The zero-order valence-corrected chi connectivity index (χ0v) is 13.1. The molecule has 3 atom stereocenters. The van der Waals surface area contributed by atoms with Crippen LogP contribution in [-0.4, -0.2) is 29.6 Å². The lowest BCUT2D eigenvalue weighted by molar-refractivity contribution is 0.234. The molecule has 2 bridgehead atoms. The second kappa shape index (κ2) is 7.54. The van der Waals surface area contributed by atoms with Gasteiger partial charge in [-0.15, -0.1) is 0 Å². The highest BCUT2D eigenvalue weighted by Crippen LogP contribution is 2.46. The molecule has 0 aromatic heterocycles. The van der Waals surface area contributed by atoms with Gasteiger partial charge in [-0.3, -0.25) is 0 Å². The molecule has 19 heavy (non-hydrogen) atoms. The summed E-state index contributed by atoms with van der Waals surface area (Å²) in [5, 5.41) is 9.27. The van der Waals surface area contributed by atoms with Gasteiger partial charge >= 0.3 is 0 Å². The van der Waals surface area contributed by atoms with E-state index in [4.69, 9.17) is 0 Å². The molecule has 2 aliphatic rings. The molecule has 0 radical (unpaired) electrons. The number of aromatic hydroxyl groups is 1. The van der Waals surface area contributed by atoms with Gasteiger partial charge in [-0.2, -0.15) is 0 Å². The number of nitrogens with zero attached hydrogens (tertiary/aromatic N) is 1. The highest BCUT2D eigenvalue weighted by atomic mass is 16.3. The van der Waals surface area contributed by atoms with Crippen LogP contribution >= 0.6 is 0 Å². The van der Waals surface area contributed by atoms with E-state index in [-0.39, 0.29) is 0 Å². The Morgan fingerprint density at radius 3 is 2.05 bits per heavy atom. The summed E-state index contributed by atoms with van der Waals surface area (Å²) in [4.78, 5) is 2.49. The van der Waals surface area contributed by atoms with Crippen molar-refractivity contribution in [1.82, 2.24) is 4.90 Å². The molecule has 1 aromatic carbocycles. The lowest BCUT2D eigenvalue weighted by Crippen LogP contribution is -2.33. The first kappa shape index (κ1) is 16.0. The summed E-state index contributed by atoms with van der Waals surface area (Å²) in [5.74, 6) is 1.96. The van der Waals surface area contributed by atoms with Crippen LogP contribution in [0.3, 0.4) is 0 Å². The predicted octanol–water partition coefficient (Wildman–Crippen LogP) is 4.25. The van der Waals surface area contributed by atoms with Gasteiger partial charge in [0.2, 0.25) is 0 Å². The summed E-state index contributed by atoms with van der Waals surface area (Å²) < 4.78 is 0. The summed E-state index contributed by atoms with van der Waals surface area (Å²) in [6.45, 7) is 9.28. The van der Waals surface area contributed by atoms with Crippen molar-refractivity contribution < 1.29 is 5.11 Å². The lowest BCUT2D eigenvalue weighted by Gasteiger charge is -2.30. The smallest absolute Gasteiger partial charge is 0.115 e. The Hall–Kier alpha value is -1.02. The molecule has 1 aliphatic carbocycles. The van der Waals surface area contributed by atoms with E-state index in [1.165, 1.54) is 24.9 Å². The standard InChI is InChI=1S/C13H17NO.2C2H6/c1-14-8-9-6-12(13(14)7-9)10-2-4-11(15)5-3-10;2*1-2/h2-5,9,12-13,15H,6-8H2,1H3;2*1-2H3. The van der Waals surface area contributed by atoms with Gasteiger partial charge in [0.15, 0.2) is 0 Å². The Morgan fingerprint density at radius 1 is 1.00 bits per heavy atom. The first-order chi connectivity index (χ1) is 9.24. The zero-order chi connectivity index (χ0) is 14.4. The second-order valence-corrected chi connectivity index (χ2v) is 5.04. The number of fused-ring (bicyclic) bond motifs is 2. The van der Waals surface area contributed by atoms with E-state index in [0.717, 1.165) is 12.0 Å². The summed E-state index contributed by atoms with van der Waals surface area (Å²) in [7, 11) is 2.23. The van der Waals surface area contributed by atoms with Crippen LogP contribution in [0.5, 0.6) is 5.75 Å². The maximum absolute atomic E-state index is 9.27. The number of phenols is 1. The highest BCUT2D eigenvalue weighted by Gasteiger charge is 2.43. The van der Waals surface area contributed by atoms with E-state index >= 15 is 0 Å². The quantitative estimate of drug-likeness (QED) is 0.818. The molecule has 3 rings (SSSR count). The maximum atomic E-state index is 9.27. The third kappa shape index (κ3) is 3.50. The van der Waals surface area contributed by atoms with E-state index in [1.807, 2.05) is 27.7 Å². The van der Waals surface area contributed by atoms with E-state index in [0.29, 0.717) is 11.7 Å². The van der Waals surface area contributed by atoms with Crippen molar-refractivity contribution in [1.29, 1.82) is 0 Å². The van der Waals surface area contributed by atoms with Gasteiger partial charge in [0.1, 0.15) is 5.75 Å². The molecule has 1 N–H and O–H groups in total. The monoisotopic (exact) mass is 263 g/mol. The van der Waals surface area contributed by atoms with Crippen molar-refractivity contribution in [2.24, 2.45) is 5.92 Å². The van der Waals surface area contributed by atoms with Crippen molar-refractivity contribution in [3.8, 4) is 5.75 Å². The number of rotatable bonds is 1. The predicted molar refractivity (Wildman–Crippen MR) is 82.7 cm³/mol. The van der Waals surface area contributed by atoms with Crippen LogP contribution in [0.1, 0.15) is 52.0 Å². The Kier molecular flexibility index (Phi) is 6.36. The molecule has 1 aliphatic heterocycles. The summed E-state index contributed by atoms with van der Waals surface area (Å²) in [6.07, 6.45) is 2.70. The van der Waals surface area contributed by atoms with Crippen LogP contribution in [0.15, 0.2) is 24.3 Å². The Bertz CT molecular complexity index is 360. The molecule has 1 saturated heterocycles. The number of piperidine rings is 1. The SMILES string of the molecule is CC.CC.CN1CC2CC(c3ccc(O)cc3)C1C2. The minimum absolute atomic E-state index is 0.371. The molecule has 2 heteroatoms. The molecule has 1 saturated carbocycles. The summed E-state index contributed by atoms with van der Waals surface area (Å²) >= 11 is 0. The summed E-state index contributed by atoms with van der Waals surface area (Å²) in [5.41, 5.74) is 1.40. The molecule has 1 aromatic rings. The van der Waals surface area contributed by atoms with Crippen LogP contribution < -0.4 is 0 Å². The topological polar surface area (TPSA) is 23.5 Å². The third-order valence-corrected chi connectivity index (χ3v) is 4.06. The van der Waals surface area contributed by atoms with Gasteiger partial charge in [-0.05, 0) is 49.4 Å². The first-order valence-corrected chi connectivity index (χ1v) is 7.73. The molecule has 108 valence electrons. The van der Waals surface area contributed by atoms with Crippen LogP contribution in [0.2, 0.25) is 0 Å². The zero-order valence-electron chi connectivity index (χ0n) is 13.1. The van der Waals surface area contributed by atoms with Crippen molar-refractivity contribution in [2.45, 2.75) is 52.5 Å². The van der Waals surface area contributed by atoms with Gasteiger partial charge in [-0.1, -0.05) is 39.8 Å². The normalized spacial score (nSPS) is 28.2. The van der Waals surface area contributed by atoms with Crippen molar-refractivity contribution in [3.05, 3.63) is 29.8 Å². The first-order valence-electron chi connectivity index (χ1n) is 7.73. The van der Waals surface area contributed by atoms with Crippen LogP contribution in [-0.2, 0) is 0 Å². The number of hydrogen-bond donors (Lipinski definition) is 1. The fourth-order valence-corrected chi connectivity index (χ4v) is 3.38. The Balaban J connectivity index is 0.000000415. The second-order valence-electron chi connectivity index (χ2n) is 5.04. The maximum Gasteiger partial charge on any atom is 0.115 e. The third-order valence-electron chi connectivity index (χ3n) is 4.06. The molecular weight excluding hydrogens is 234 g/mol. The molecular formula is C17H29NO. The number of likely N-dealkylation sites (N-methyl/N-ethyl adjacent to an activating group) is 1. The largest absolute Gasteiger partial charge is 0.508 e. The van der Waals surface area contributed by atoms with Gasteiger partial charge < -0.3 is 10.0 Å². The number of likely N-dealkylation sites (tertiary alicyclic amines) is 1. The minimum Gasteiger partial charge on any atom is -0.508 e. The van der Waals surface area contributed by atoms with Gasteiger partial charge in [0.25, 0.3) is 0 Å². The number of benzene rings is 1. The van der Waals surface area contributed by atoms with Crippen molar-refractivity contribution in [2.75, 3.05) is 13.6 Å². The van der Waals surface area contributed by atoms with Crippen LogP contribution in [0, 0.1) is 5.92 Å². The Labute approximate surface area is 118 Å². The minimum atomic E-state index is 0.371. The van der Waals surface area contributed by atoms with Gasteiger partial charge in [0, 0.05) is 12.6 Å². The lowest BCUT2D eigenvalue weighted by atomic mass is 9.91. The number of hydrogen-bond acceptors (Lipinski definition) is 2. The Morgan fingerprint density at radius 2 is 1.58 bits per heavy atom. The fourth-order valence-electron chi connectivity index (χ4n) is 3.38. The average Bonchev–Trinajstić information content (AvgIpc) is 3.03. The molecule has 0 amide bonds. The van der Waals surface area contributed by atoms with Crippen LogP contribution in [0.25, 0.3) is 0 Å². The van der Waals surface area contributed by atoms with E-state index in [2.05, 4.69) is 24.1 Å². The molecule has 1 heterocycles.